The van der Waals surface area contributed by atoms with Gasteiger partial charge >= 0.3 is 11.9 Å². The number of esters is 2. The third-order valence-electron chi connectivity index (χ3n) is 7.21. The molecule has 0 spiro atoms. The Kier molecular flexibility index (Phi) is 6.41. The fourth-order valence-corrected chi connectivity index (χ4v) is 5.50. The van der Waals surface area contributed by atoms with Gasteiger partial charge in [-0.05, 0) is 18.4 Å². The molecule has 0 unspecified atom stereocenters. The van der Waals surface area contributed by atoms with Crippen molar-refractivity contribution in [2.75, 3.05) is 6.61 Å². The molecular weight excluding hydrogens is 436 g/mol. The number of hydrogen-bond acceptors (Lipinski definition) is 10. The number of allylic oxidation sites excluding steroid dienone is 1. The second kappa shape index (κ2) is 8.84. The number of aliphatic hydroxyl groups is 4. The number of rotatable bonds is 4. The molecule has 4 N–H and O–H groups in total. The Labute approximate surface area is 191 Å². The van der Waals surface area contributed by atoms with Gasteiger partial charge in [0.1, 0.15) is 36.6 Å². The van der Waals surface area contributed by atoms with Crippen molar-refractivity contribution in [3.63, 3.8) is 0 Å². The van der Waals surface area contributed by atoms with E-state index >= 15 is 0 Å². The molecule has 2 heterocycles. The van der Waals surface area contributed by atoms with Gasteiger partial charge in [0.15, 0.2) is 0 Å². The van der Waals surface area contributed by atoms with Crippen LogP contribution in [0.15, 0.2) is 35.6 Å². The normalized spacial score (nSPS) is 43.0. The minimum Gasteiger partial charge on any atom is -0.466 e. The number of hydrogen-bond donors (Lipinski definition) is 4. The van der Waals surface area contributed by atoms with E-state index in [0.717, 1.165) is 11.1 Å². The first-order valence-corrected chi connectivity index (χ1v) is 11.0. The van der Waals surface area contributed by atoms with Crippen LogP contribution in [0, 0.1) is 17.8 Å². The van der Waals surface area contributed by atoms with Crippen molar-refractivity contribution >= 4 is 11.9 Å². The van der Waals surface area contributed by atoms with Gasteiger partial charge in [0, 0.05) is 31.3 Å². The van der Waals surface area contributed by atoms with Gasteiger partial charge in [0.25, 0.3) is 0 Å². The molecule has 3 fully saturated rings. The fraction of sp³-hybridized carbons (Fsp3) is 0.652. The smallest absolute Gasteiger partial charge is 0.334 e. The van der Waals surface area contributed by atoms with Crippen LogP contribution in [0.3, 0.4) is 0 Å². The van der Waals surface area contributed by atoms with Gasteiger partial charge in [-0.25, -0.2) is 4.79 Å². The molecule has 10 atom stereocenters. The van der Waals surface area contributed by atoms with Gasteiger partial charge in [0.2, 0.25) is 6.29 Å². The molecule has 0 aromatic carbocycles. The highest BCUT2D eigenvalue weighted by Crippen LogP contribution is 2.53. The summed E-state index contributed by atoms with van der Waals surface area (Å²) < 4.78 is 22.6. The first-order chi connectivity index (χ1) is 15.5. The van der Waals surface area contributed by atoms with Crippen LogP contribution in [0.1, 0.15) is 26.7 Å². The summed E-state index contributed by atoms with van der Waals surface area (Å²) in [5.74, 6) is -1.56. The van der Waals surface area contributed by atoms with E-state index in [1.807, 2.05) is 6.92 Å². The monoisotopic (exact) mass is 466 g/mol. The summed E-state index contributed by atoms with van der Waals surface area (Å²) in [6.07, 6.45) is -7.55. The van der Waals surface area contributed by atoms with Gasteiger partial charge in [-0.15, -0.1) is 0 Å². The molecule has 4 aliphatic rings. The van der Waals surface area contributed by atoms with E-state index < -0.39 is 67.4 Å². The molecule has 10 nitrogen and oxygen atoms in total. The Balaban J connectivity index is 1.63. The molecular formula is C23H30O10. The first kappa shape index (κ1) is 23.9. The lowest BCUT2D eigenvalue weighted by Crippen LogP contribution is -2.59. The number of ether oxygens (including phenoxy) is 4. The first-order valence-electron chi connectivity index (χ1n) is 11.0. The molecule has 0 bridgehead atoms. The van der Waals surface area contributed by atoms with E-state index in [2.05, 4.69) is 13.2 Å². The maximum absolute atomic E-state index is 12.4. The zero-order chi connectivity index (χ0) is 24.2. The topological polar surface area (TPSA) is 152 Å². The maximum atomic E-state index is 12.4. The molecule has 33 heavy (non-hydrogen) atoms. The minimum atomic E-state index is -1.56. The number of aliphatic hydroxyl groups excluding tert-OH is 4. The second-order valence-electron chi connectivity index (χ2n) is 9.19. The fourth-order valence-electron chi connectivity index (χ4n) is 5.50. The molecule has 2 aliphatic carbocycles. The highest BCUT2D eigenvalue weighted by molar-refractivity contribution is 5.91. The number of carbonyl (C=O) groups is 2. The quantitative estimate of drug-likeness (QED) is 0.247. The molecule has 0 amide bonds. The standard InChI is InChI=1S/C23H30O10/c1-8-5-14(30-11(4)25)17-10(3)22(29)33-21(17)16-9(2)13(6-12(8)16)31-23-20(28)19(27)18(26)15(7-24)32-23/h12,14-21,23-24,26-28H,1,3,5-7H2,2,4H3/t12-,14+,15+,16-,17+,18+,19+,20+,21+,23+/m0/s1. The van der Waals surface area contributed by atoms with Crippen molar-refractivity contribution in [2.24, 2.45) is 17.8 Å². The van der Waals surface area contributed by atoms with Gasteiger partial charge in [-0.2, -0.15) is 0 Å². The van der Waals surface area contributed by atoms with Crippen LogP contribution in [-0.4, -0.2) is 81.9 Å². The zero-order valence-corrected chi connectivity index (χ0v) is 18.5. The Morgan fingerprint density at radius 2 is 1.82 bits per heavy atom. The zero-order valence-electron chi connectivity index (χ0n) is 18.5. The van der Waals surface area contributed by atoms with Crippen molar-refractivity contribution in [3.05, 3.63) is 35.6 Å². The van der Waals surface area contributed by atoms with Crippen molar-refractivity contribution in [3.8, 4) is 0 Å². The van der Waals surface area contributed by atoms with Crippen LogP contribution in [-0.2, 0) is 28.5 Å². The summed E-state index contributed by atoms with van der Waals surface area (Å²) >= 11 is 0. The van der Waals surface area contributed by atoms with Crippen LogP contribution < -0.4 is 0 Å². The molecule has 1 saturated carbocycles. The van der Waals surface area contributed by atoms with Gasteiger partial charge in [-0.1, -0.05) is 18.7 Å². The number of fused-ring (bicyclic) bond motifs is 3. The van der Waals surface area contributed by atoms with Gasteiger partial charge in [0.05, 0.1) is 18.3 Å². The maximum Gasteiger partial charge on any atom is 0.334 e. The predicted molar refractivity (Wildman–Crippen MR) is 111 cm³/mol. The van der Waals surface area contributed by atoms with Crippen LogP contribution in [0.5, 0.6) is 0 Å². The van der Waals surface area contributed by atoms with Gasteiger partial charge < -0.3 is 39.4 Å². The summed E-state index contributed by atoms with van der Waals surface area (Å²) in [6, 6.07) is 0. The molecule has 10 heteroatoms. The van der Waals surface area contributed by atoms with Crippen molar-refractivity contribution in [2.45, 2.75) is 69.6 Å². The summed E-state index contributed by atoms with van der Waals surface area (Å²) in [5, 5.41) is 39.8. The van der Waals surface area contributed by atoms with Crippen LogP contribution in [0.4, 0.5) is 0 Å². The van der Waals surface area contributed by atoms with Crippen LogP contribution in [0.2, 0.25) is 0 Å². The summed E-state index contributed by atoms with van der Waals surface area (Å²) in [7, 11) is 0. The third-order valence-corrected chi connectivity index (χ3v) is 7.21. The highest BCUT2D eigenvalue weighted by atomic mass is 16.7. The second-order valence-corrected chi connectivity index (χ2v) is 9.19. The minimum absolute atomic E-state index is 0.184. The van der Waals surface area contributed by atoms with Crippen LogP contribution >= 0.6 is 0 Å². The SMILES string of the molecule is C=C1C(=O)O[C@@H]2[C@H]3C(C)=C(O[C@@H]4O[C@H](CO)[C@@H](O)[C@@H](O)[C@H]4O)C[C@H]3C(=C)C[C@@H](OC(C)=O)[C@@H]12. The largest absolute Gasteiger partial charge is 0.466 e. The molecule has 0 aromatic rings. The third kappa shape index (κ3) is 4.00. The Bertz CT molecular complexity index is 892. The van der Waals surface area contributed by atoms with E-state index in [-0.39, 0.29) is 17.4 Å². The Morgan fingerprint density at radius 1 is 1.12 bits per heavy atom. The van der Waals surface area contributed by atoms with E-state index in [0.29, 0.717) is 18.6 Å². The van der Waals surface area contributed by atoms with Crippen molar-refractivity contribution in [1.29, 1.82) is 0 Å². The molecule has 2 saturated heterocycles. The van der Waals surface area contributed by atoms with Crippen molar-refractivity contribution < 1.29 is 49.0 Å². The Hall–Kier alpha value is -2.24. The average molecular weight is 466 g/mol. The molecule has 0 radical (unpaired) electrons. The highest BCUT2D eigenvalue weighted by Gasteiger charge is 2.56. The van der Waals surface area contributed by atoms with Crippen LogP contribution in [0.25, 0.3) is 0 Å². The Morgan fingerprint density at radius 3 is 2.45 bits per heavy atom. The van der Waals surface area contributed by atoms with E-state index in [1.165, 1.54) is 6.92 Å². The van der Waals surface area contributed by atoms with E-state index in [9.17, 15) is 30.0 Å². The lowest BCUT2D eigenvalue weighted by molar-refractivity contribution is -0.292. The van der Waals surface area contributed by atoms with Crippen molar-refractivity contribution in [1.82, 2.24) is 0 Å². The molecule has 2 aliphatic heterocycles. The number of carbonyl (C=O) groups excluding carboxylic acids is 2. The van der Waals surface area contributed by atoms with Gasteiger partial charge in [-0.3, -0.25) is 4.79 Å². The predicted octanol–water partition coefficient (Wildman–Crippen LogP) is -0.298. The lowest BCUT2D eigenvalue weighted by atomic mass is 9.80. The molecule has 4 rings (SSSR count). The van der Waals surface area contributed by atoms with E-state index in [1.54, 1.807) is 0 Å². The summed E-state index contributed by atoms with van der Waals surface area (Å²) in [4.78, 5) is 24.1. The molecule has 0 aromatic heterocycles. The molecule has 182 valence electrons. The summed E-state index contributed by atoms with van der Waals surface area (Å²) in [6.45, 7) is 10.6. The summed E-state index contributed by atoms with van der Waals surface area (Å²) in [5.41, 5.74) is 1.80. The average Bonchev–Trinajstić information content (AvgIpc) is 3.19. The van der Waals surface area contributed by atoms with E-state index in [4.69, 9.17) is 18.9 Å². The lowest BCUT2D eigenvalue weighted by Gasteiger charge is -2.40.